The molecule has 33 heavy (non-hydrogen) atoms. The summed E-state index contributed by atoms with van der Waals surface area (Å²) in [6.45, 7) is 0.0188. The zero-order valence-electron chi connectivity index (χ0n) is 18.9. The van der Waals surface area contributed by atoms with Gasteiger partial charge in [0.15, 0.2) is 0 Å². The number of hydrogen-bond donors (Lipinski definition) is 6. The summed E-state index contributed by atoms with van der Waals surface area (Å²) < 4.78 is 0. The van der Waals surface area contributed by atoms with Crippen LogP contribution in [-0.2, 0) is 25.6 Å². The molecule has 0 saturated heterocycles. The van der Waals surface area contributed by atoms with Gasteiger partial charge < -0.3 is 32.5 Å². The summed E-state index contributed by atoms with van der Waals surface area (Å²) in [5.41, 5.74) is 12.2. The molecule has 1 aromatic carbocycles. The second-order valence-electron chi connectivity index (χ2n) is 7.60. The number of amides is 3. The second-order valence-corrected chi connectivity index (χ2v) is 8.59. The van der Waals surface area contributed by atoms with Gasteiger partial charge in [-0.15, -0.1) is 0 Å². The van der Waals surface area contributed by atoms with Gasteiger partial charge in [-0.1, -0.05) is 30.3 Å². The standard InChI is InChI=1S/C22H35N5O5S/c1-33-12-10-16(24)20(29)27-18(13-15-7-3-2-4-8-15)21(30)25-14-19(28)26-17(22(31)32)9-5-6-11-23/h2-4,7-8,16-18H,5-6,9-14,23-24H2,1H3,(H,25,30)(H,26,28)(H,27,29)(H,31,32). The smallest absolute Gasteiger partial charge is 0.326 e. The number of aliphatic carboxylic acids is 1. The van der Waals surface area contributed by atoms with Crippen molar-refractivity contribution in [3.63, 3.8) is 0 Å². The maximum atomic E-state index is 12.8. The molecule has 0 aliphatic heterocycles. The third-order valence-corrected chi connectivity index (χ3v) is 5.53. The van der Waals surface area contributed by atoms with Crippen molar-refractivity contribution in [3.8, 4) is 0 Å². The first kappa shape index (κ1) is 28.4. The molecule has 8 N–H and O–H groups in total. The molecule has 184 valence electrons. The summed E-state index contributed by atoms with van der Waals surface area (Å²) >= 11 is 1.57. The Morgan fingerprint density at radius 2 is 1.70 bits per heavy atom. The molecule has 0 spiro atoms. The van der Waals surface area contributed by atoms with E-state index in [1.807, 2.05) is 36.6 Å². The van der Waals surface area contributed by atoms with Crippen LogP contribution < -0.4 is 27.4 Å². The van der Waals surface area contributed by atoms with E-state index in [2.05, 4.69) is 16.0 Å². The summed E-state index contributed by atoms with van der Waals surface area (Å²) in [7, 11) is 0. The number of nitrogens with one attached hydrogen (secondary N) is 3. The molecule has 0 fully saturated rings. The Bertz CT molecular complexity index is 765. The molecule has 3 amide bonds. The van der Waals surface area contributed by atoms with E-state index in [4.69, 9.17) is 11.5 Å². The molecular weight excluding hydrogens is 446 g/mol. The molecular formula is C22H35N5O5S. The number of nitrogens with two attached hydrogens (primary N) is 2. The zero-order chi connectivity index (χ0) is 24.6. The number of thioether (sulfide) groups is 1. The van der Waals surface area contributed by atoms with E-state index in [1.54, 1.807) is 11.8 Å². The van der Waals surface area contributed by atoms with Crippen LogP contribution in [0.3, 0.4) is 0 Å². The monoisotopic (exact) mass is 481 g/mol. The molecule has 11 heteroatoms. The van der Waals surface area contributed by atoms with E-state index in [9.17, 15) is 24.3 Å². The first-order valence-electron chi connectivity index (χ1n) is 10.9. The number of carboxylic acid groups (broad SMARTS) is 1. The molecule has 0 radical (unpaired) electrons. The van der Waals surface area contributed by atoms with Gasteiger partial charge in [-0.3, -0.25) is 14.4 Å². The Morgan fingerprint density at radius 1 is 1.00 bits per heavy atom. The van der Waals surface area contributed by atoms with Crippen LogP contribution in [0, 0.1) is 0 Å². The average molecular weight is 482 g/mol. The van der Waals surface area contributed by atoms with Crippen LogP contribution in [0.15, 0.2) is 30.3 Å². The summed E-state index contributed by atoms with van der Waals surface area (Å²) in [6, 6.07) is 6.38. The molecule has 1 aromatic rings. The number of benzene rings is 1. The molecule has 1 rings (SSSR count). The highest BCUT2D eigenvalue weighted by molar-refractivity contribution is 7.98. The molecule has 0 aliphatic carbocycles. The topological polar surface area (TPSA) is 177 Å². The average Bonchev–Trinajstić information content (AvgIpc) is 2.80. The number of carbonyl (C=O) groups excluding carboxylic acids is 3. The quantitative estimate of drug-likeness (QED) is 0.173. The molecule has 0 heterocycles. The fraction of sp³-hybridized carbons (Fsp3) is 0.545. The van der Waals surface area contributed by atoms with Crippen molar-refractivity contribution in [1.29, 1.82) is 0 Å². The largest absolute Gasteiger partial charge is 0.480 e. The zero-order valence-corrected chi connectivity index (χ0v) is 19.7. The maximum absolute atomic E-state index is 12.8. The van der Waals surface area contributed by atoms with Gasteiger partial charge in [0, 0.05) is 6.42 Å². The fourth-order valence-electron chi connectivity index (χ4n) is 3.00. The number of carbonyl (C=O) groups is 4. The van der Waals surface area contributed by atoms with E-state index >= 15 is 0 Å². The van der Waals surface area contributed by atoms with Crippen molar-refractivity contribution in [2.75, 3.05) is 25.1 Å². The maximum Gasteiger partial charge on any atom is 0.326 e. The van der Waals surface area contributed by atoms with Gasteiger partial charge in [-0.2, -0.15) is 11.8 Å². The van der Waals surface area contributed by atoms with Crippen LogP contribution in [0.2, 0.25) is 0 Å². The summed E-state index contributed by atoms with van der Waals surface area (Å²) in [5, 5.41) is 16.8. The van der Waals surface area contributed by atoms with Crippen molar-refractivity contribution in [2.45, 2.75) is 50.2 Å². The first-order chi connectivity index (χ1) is 15.8. The Morgan fingerprint density at radius 3 is 2.30 bits per heavy atom. The Labute approximate surface area is 198 Å². The van der Waals surface area contributed by atoms with Gasteiger partial charge in [0.05, 0.1) is 12.6 Å². The van der Waals surface area contributed by atoms with Gasteiger partial charge in [-0.05, 0) is 49.8 Å². The lowest BCUT2D eigenvalue weighted by Gasteiger charge is -2.21. The Kier molecular flexibility index (Phi) is 13.8. The highest BCUT2D eigenvalue weighted by Gasteiger charge is 2.25. The predicted molar refractivity (Wildman–Crippen MR) is 129 cm³/mol. The van der Waals surface area contributed by atoms with E-state index in [0.717, 1.165) is 5.56 Å². The lowest BCUT2D eigenvalue weighted by Crippen LogP contribution is -2.54. The Balaban J connectivity index is 2.72. The van der Waals surface area contributed by atoms with Crippen LogP contribution in [0.25, 0.3) is 0 Å². The van der Waals surface area contributed by atoms with Crippen LogP contribution in [-0.4, -0.2) is 72.0 Å². The van der Waals surface area contributed by atoms with Gasteiger partial charge in [0.25, 0.3) is 0 Å². The summed E-state index contributed by atoms with van der Waals surface area (Å²) in [4.78, 5) is 48.8. The number of hydrogen-bond acceptors (Lipinski definition) is 7. The number of carboxylic acids is 1. The minimum Gasteiger partial charge on any atom is -0.480 e. The van der Waals surface area contributed by atoms with Crippen molar-refractivity contribution < 1.29 is 24.3 Å². The molecule has 0 saturated carbocycles. The van der Waals surface area contributed by atoms with Crippen LogP contribution in [0.4, 0.5) is 0 Å². The highest BCUT2D eigenvalue weighted by Crippen LogP contribution is 2.05. The van der Waals surface area contributed by atoms with Crippen LogP contribution >= 0.6 is 11.8 Å². The minimum absolute atomic E-state index is 0.214. The van der Waals surface area contributed by atoms with Gasteiger partial charge in [0.2, 0.25) is 17.7 Å². The van der Waals surface area contributed by atoms with E-state index in [-0.39, 0.29) is 12.8 Å². The summed E-state index contributed by atoms with van der Waals surface area (Å²) in [6.07, 6.45) is 4.04. The van der Waals surface area contributed by atoms with Gasteiger partial charge >= 0.3 is 5.97 Å². The second kappa shape index (κ2) is 16.1. The lowest BCUT2D eigenvalue weighted by atomic mass is 10.0. The lowest BCUT2D eigenvalue weighted by molar-refractivity contribution is -0.142. The van der Waals surface area contributed by atoms with E-state index in [1.165, 1.54) is 0 Å². The molecule has 10 nitrogen and oxygen atoms in total. The minimum atomic E-state index is -1.15. The Hall–Kier alpha value is -2.63. The van der Waals surface area contributed by atoms with Crippen LogP contribution in [0.1, 0.15) is 31.2 Å². The summed E-state index contributed by atoms with van der Waals surface area (Å²) in [5.74, 6) is -2.09. The van der Waals surface area contributed by atoms with Crippen molar-refractivity contribution in [1.82, 2.24) is 16.0 Å². The highest BCUT2D eigenvalue weighted by atomic mass is 32.2. The third kappa shape index (κ3) is 11.7. The first-order valence-corrected chi connectivity index (χ1v) is 12.3. The predicted octanol–water partition coefficient (Wildman–Crippen LogP) is -0.391. The van der Waals surface area contributed by atoms with Crippen molar-refractivity contribution >= 4 is 35.5 Å². The normalized spacial score (nSPS) is 13.4. The molecule has 0 aliphatic rings. The van der Waals surface area contributed by atoms with Crippen molar-refractivity contribution in [3.05, 3.63) is 35.9 Å². The van der Waals surface area contributed by atoms with Crippen LogP contribution in [0.5, 0.6) is 0 Å². The van der Waals surface area contributed by atoms with E-state index < -0.39 is 48.4 Å². The molecule has 3 unspecified atom stereocenters. The number of unbranched alkanes of at least 4 members (excludes halogenated alkanes) is 1. The fourth-order valence-corrected chi connectivity index (χ4v) is 3.49. The SMILES string of the molecule is CSCCC(N)C(=O)NC(Cc1ccccc1)C(=O)NCC(=O)NC(CCCCN)C(=O)O. The number of rotatable bonds is 16. The molecule has 0 aromatic heterocycles. The molecule has 3 atom stereocenters. The van der Waals surface area contributed by atoms with Gasteiger partial charge in [-0.25, -0.2) is 4.79 Å². The molecule has 0 bridgehead atoms. The van der Waals surface area contributed by atoms with Crippen molar-refractivity contribution in [2.24, 2.45) is 11.5 Å². The van der Waals surface area contributed by atoms with Gasteiger partial charge in [0.1, 0.15) is 12.1 Å². The van der Waals surface area contributed by atoms with E-state index in [0.29, 0.717) is 31.6 Å². The third-order valence-electron chi connectivity index (χ3n) is 4.89.